The summed E-state index contributed by atoms with van der Waals surface area (Å²) in [4.78, 5) is 0. The summed E-state index contributed by atoms with van der Waals surface area (Å²) in [6, 6.07) is 10.0. The molecule has 0 aliphatic carbocycles. The number of hydrogen-bond donors (Lipinski definition) is 1. The maximum absolute atomic E-state index is 10.6. The summed E-state index contributed by atoms with van der Waals surface area (Å²) in [5.74, 6) is 0.180. The highest BCUT2D eigenvalue weighted by molar-refractivity contribution is 5.82. The van der Waals surface area contributed by atoms with Gasteiger partial charge in [-0.2, -0.15) is 5.10 Å². The van der Waals surface area contributed by atoms with Crippen LogP contribution in [0.5, 0.6) is 5.75 Å². The quantitative estimate of drug-likeness (QED) is 0.592. The topological polar surface area (TPSA) is 78.0 Å². The SMILES string of the molecule is Cn1cc(-c2ccc(-c3cc4ccn(C5CCOCC5)c4nn3)c(O)c2)cn1. The molecule has 0 bridgehead atoms. The molecule has 4 aromatic rings. The minimum Gasteiger partial charge on any atom is -0.507 e. The molecule has 5 rings (SSSR count). The van der Waals surface area contributed by atoms with Gasteiger partial charge in [0, 0.05) is 55.2 Å². The zero-order chi connectivity index (χ0) is 19.1. The molecule has 0 spiro atoms. The zero-order valence-electron chi connectivity index (χ0n) is 15.6. The summed E-state index contributed by atoms with van der Waals surface area (Å²) in [5, 5.41) is 24.6. The first-order valence-electron chi connectivity index (χ1n) is 9.43. The second-order valence-electron chi connectivity index (χ2n) is 7.21. The van der Waals surface area contributed by atoms with Crippen LogP contribution in [0.3, 0.4) is 0 Å². The van der Waals surface area contributed by atoms with Crippen LogP contribution in [0.25, 0.3) is 33.4 Å². The summed E-state index contributed by atoms with van der Waals surface area (Å²) in [5.41, 5.74) is 4.07. The molecule has 1 aliphatic heterocycles. The van der Waals surface area contributed by atoms with E-state index in [0.717, 1.165) is 48.2 Å². The minimum absolute atomic E-state index is 0.180. The molecular weight excluding hydrogens is 354 g/mol. The number of fused-ring (bicyclic) bond motifs is 1. The first-order chi connectivity index (χ1) is 13.7. The molecule has 0 saturated carbocycles. The molecule has 1 aliphatic rings. The van der Waals surface area contributed by atoms with Gasteiger partial charge in [-0.1, -0.05) is 6.07 Å². The van der Waals surface area contributed by atoms with Crippen LogP contribution in [-0.2, 0) is 11.8 Å². The number of nitrogens with zero attached hydrogens (tertiary/aromatic N) is 5. The van der Waals surface area contributed by atoms with Gasteiger partial charge in [-0.15, -0.1) is 10.2 Å². The summed E-state index contributed by atoms with van der Waals surface area (Å²) >= 11 is 0. The van der Waals surface area contributed by atoms with E-state index in [4.69, 9.17) is 4.74 Å². The Bertz CT molecular complexity index is 1140. The van der Waals surface area contributed by atoms with Crippen molar-refractivity contribution in [1.82, 2.24) is 24.5 Å². The van der Waals surface area contributed by atoms with E-state index in [-0.39, 0.29) is 5.75 Å². The van der Waals surface area contributed by atoms with Gasteiger partial charge in [0.05, 0.1) is 11.9 Å². The number of phenols is 1. The van der Waals surface area contributed by atoms with Crippen molar-refractivity contribution in [2.45, 2.75) is 18.9 Å². The molecule has 0 radical (unpaired) electrons. The average Bonchev–Trinajstić information content (AvgIpc) is 3.34. The smallest absolute Gasteiger partial charge is 0.162 e. The second kappa shape index (κ2) is 6.76. The molecule has 7 heteroatoms. The number of aryl methyl sites for hydroxylation is 1. The van der Waals surface area contributed by atoms with Gasteiger partial charge in [-0.05, 0) is 42.7 Å². The van der Waals surface area contributed by atoms with E-state index in [1.165, 1.54) is 0 Å². The highest BCUT2D eigenvalue weighted by Crippen LogP contribution is 2.34. The number of benzene rings is 1. The van der Waals surface area contributed by atoms with Gasteiger partial charge in [0.25, 0.3) is 0 Å². The van der Waals surface area contributed by atoms with E-state index in [9.17, 15) is 5.11 Å². The minimum atomic E-state index is 0.180. The molecule has 142 valence electrons. The fourth-order valence-corrected chi connectivity index (χ4v) is 3.84. The van der Waals surface area contributed by atoms with Crippen LogP contribution < -0.4 is 0 Å². The summed E-state index contributed by atoms with van der Waals surface area (Å²) in [7, 11) is 1.87. The molecule has 1 saturated heterocycles. The van der Waals surface area contributed by atoms with E-state index in [1.807, 2.05) is 31.4 Å². The highest BCUT2D eigenvalue weighted by atomic mass is 16.5. The maximum atomic E-state index is 10.6. The normalized spacial score (nSPS) is 15.3. The van der Waals surface area contributed by atoms with E-state index in [2.05, 4.69) is 32.1 Å². The van der Waals surface area contributed by atoms with Gasteiger partial charge >= 0.3 is 0 Å². The summed E-state index contributed by atoms with van der Waals surface area (Å²) in [6.45, 7) is 1.57. The number of rotatable bonds is 3. The van der Waals surface area contributed by atoms with Crippen LogP contribution in [0.1, 0.15) is 18.9 Å². The first-order valence-corrected chi connectivity index (χ1v) is 9.43. The molecular formula is C21H21N5O2. The Morgan fingerprint density at radius 3 is 2.68 bits per heavy atom. The fourth-order valence-electron chi connectivity index (χ4n) is 3.84. The zero-order valence-corrected chi connectivity index (χ0v) is 15.6. The maximum Gasteiger partial charge on any atom is 0.162 e. The molecule has 1 N–H and O–H groups in total. The Morgan fingerprint density at radius 1 is 1.07 bits per heavy atom. The third-order valence-corrected chi connectivity index (χ3v) is 5.36. The molecule has 3 aromatic heterocycles. The molecule has 7 nitrogen and oxygen atoms in total. The van der Waals surface area contributed by atoms with Crippen LogP contribution in [-0.4, -0.2) is 42.9 Å². The van der Waals surface area contributed by atoms with Crippen LogP contribution in [0, 0.1) is 0 Å². The van der Waals surface area contributed by atoms with Gasteiger partial charge < -0.3 is 14.4 Å². The van der Waals surface area contributed by atoms with Crippen molar-refractivity contribution in [2.24, 2.45) is 7.05 Å². The van der Waals surface area contributed by atoms with Gasteiger partial charge in [0.15, 0.2) is 5.65 Å². The van der Waals surface area contributed by atoms with Gasteiger partial charge in [0.2, 0.25) is 0 Å². The highest BCUT2D eigenvalue weighted by Gasteiger charge is 2.19. The number of aromatic hydroxyl groups is 1. The molecule has 4 heterocycles. The van der Waals surface area contributed by atoms with E-state index >= 15 is 0 Å². The third kappa shape index (κ3) is 2.93. The Kier molecular flexibility index (Phi) is 4.09. The van der Waals surface area contributed by atoms with Gasteiger partial charge in [-0.25, -0.2) is 0 Å². The Morgan fingerprint density at radius 2 is 1.93 bits per heavy atom. The number of hydrogen-bond acceptors (Lipinski definition) is 5. The predicted molar refractivity (Wildman–Crippen MR) is 106 cm³/mol. The molecule has 1 fully saturated rings. The average molecular weight is 375 g/mol. The molecule has 0 unspecified atom stereocenters. The monoisotopic (exact) mass is 375 g/mol. The van der Waals surface area contributed by atoms with E-state index < -0.39 is 0 Å². The van der Waals surface area contributed by atoms with Crippen LogP contribution in [0.4, 0.5) is 0 Å². The van der Waals surface area contributed by atoms with Gasteiger partial charge in [0.1, 0.15) is 5.75 Å². The van der Waals surface area contributed by atoms with Crippen LogP contribution in [0.15, 0.2) is 48.9 Å². The Balaban J connectivity index is 1.49. The van der Waals surface area contributed by atoms with Crippen molar-refractivity contribution < 1.29 is 9.84 Å². The van der Waals surface area contributed by atoms with E-state index in [1.54, 1.807) is 16.9 Å². The molecule has 1 aromatic carbocycles. The van der Waals surface area contributed by atoms with Crippen molar-refractivity contribution in [3.8, 4) is 28.1 Å². The molecule has 0 amide bonds. The molecule has 0 atom stereocenters. The lowest BCUT2D eigenvalue weighted by Crippen LogP contribution is -2.19. The number of phenolic OH excluding ortho intramolecular Hbond substituents is 1. The predicted octanol–water partition coefficient (Wildman–Crippen LogP) is 3.56. The number of ether oxygens (including phenoxy) is 1. The van der Waals surface area contributed by atoms with Crippen molar-refractivity contribution in [3.05, 3.63) is 48.9 Å². The van der Waals surface area contributed by atoms with Crippen LogP contribution in [0.2, 0.25) is 0 Å². The lowest BCUT2D eigenvalue weighted by molar-refractivity contribution is 0.0705. The number of aromatic nitrogens is 5. The lowest BCUT2D eigenvalue weighted by Gasteiger charge is -2.23. The Labute approximate surface area is 162 Å². The first kappa shape index (κ1) is 16.9. The van der Waals surface area contributed by atoms with Crippen molar-refractivity contribution >= 4 is 11.0 Å². The fraction of sp³-hybridized carbons (Fsp3) is 0.286. The van der Waals surface area contributed by atoms with Crippen molar-refractivity contribution in [1.29, 1.82) is 0 Å². The second-order valence-corrected chi connectivity index (χ2v) is 7.21. The lowest BCUT2D eigenvalue weighted by atomic mass is 10.0. The standard InChI is InChI=1S/C21H21N5O2/c1-25-13-16(12-22-25)14-2-3-18(20(27)11-14)19-10-15-4-7-26(21(15)24-23-19)17-5-8-28-9-6-17/h2-4,7,10-13,17,27H,5-6,8-9H2,1H3. The largest absolute Gasteiger partial charge is 0.507 e. The molecule has 28 heavy (non-hydrogen) atoms. The van der Waals surface area contributed by atoms with Crippen LogP contribution >= 0.6 is 0 Å². The Hall–Kier alpha value is -3.19. The van der Waals surface area contributed by atoms with Gasteiger partial charge in [-0.3, -0.25) is 4.68 Å². The summed E-state index contributed by atoms with van der Waals surface area (Å²) in [6.07, 6.45) is 7.75. The van der Waals surface area contributed by atoms with Crippen molar-refractivity contribution in [2.75, 3.05) is 13.2 Å². The summed E-state index contributed by atoms with van der Waals surface area (Å²) < 4.78 is 9.39. The van der Waals surface area contributed by atoms with E-state index in [0.29, 0.717) is 17.3 Å². The third-order valence-electron chi connectivity index (χ3n) is 5.36. The van der Waals surface area contributed by atoms with Crippen molar-refractivity contribution in [3.63, 3.8) is 0 Å².